The van der Waals surface area contributed by atoms with E-state index >= 15 is 0 Å². The summed E-state index contributed by atoms with van der Waals surface area (Å²) in [6, 6.07) is 0. The van der Waals surface area contributed by atoms with Crippen molar-refractivity contribution in [2.45, 2.75) is 78.1 Å². The molecule has 122 valence electrons. The maximum Gasteiger partial charge on any atom is 0.139 e. The van der Waals surface area contributed by atoms with E-state index in [0.29, 0.717) is 28.8 Å². The SMILES string of the molecule is CC12CCC3C(CCC4CC(=O)CCC43C)CC1CCC2=O. The Labute approximate surface area is 134 Å². The van der Waals surface area contributed by atoms with Crippen molar-refractivity contribution >= 4 is 11.6 Å². The Balaban J connectivity index is 1.62. The summed E-state index contributed by atoms with van der Waals surface area (Å²) in [5, 5.41) is 0. The van der Waals surface area contributed by atoms with Crippen LogP contribution in [0.3, 0.4) is 0 Å². The predicted octanol–water partition coefficient (Wildman–Crippen LogP) is 4.56. The van der Waals surface area contributed by atoms with Gasteiger partial charge in [0.05, 0.1) is 0 Å². The van der Waals surface area contributed by atoms with Crippen molar-refractivity contribution in [1.29, 1.82) is 0 Å². The quantitative estimate of drug-likeness (QED) is 0.657. The summed E-state index contributed by atoms with van der Waals surface area (Å²) in [7, 11) is 0. The molecular weight excluding hydrogens is 272 g/mol. The molecule has 0 aromatic heterocycles. The lowest BCUT2D eigenvalue weighted by molar-refractivity contribution is -0.130. The highest BCUT2D eigenvalue weighted by Gasteiger charge is 2.55. The monoisotopic (exact) mass is 302 g/mol. The van der Waals surface area contributed by atoms with Gasteiger partial charge in [-0.05, 0) is 74.0 Å². The van der Waals surface area contributed by atoms with E-state index in [1.807, 2.05) is 0 Å². The fraction of sp³-hybridized carbons (Fsp3) is 0.900. The summed E-state index contributed by atoms with van der Waals surface area (Å²) in [6.45, 7) is 4.74. The van der Waals surface area contributed by atoms with Gasteiger partial charge in [-0.15, -0.1) is 0 Å². The van der Waals surface area contributed by atoms with E-state index < -0.39 is 0 Å². The lowest BCUT2D eigenvalue weighted by Crippen LogP contribution is -2.46. The van der Waals surface area contributed by atoms with Crippen LogP contribution in [0.15, 0.2) is 0 Å². The minimum Gasteiger partial charge on any atom is -0.300 e. The highest BCUT2D eigenvalue weighted by Crippen LogP contribution is 2.61. The Hall–Kier alpha value is -0.660. The molecule has 0 saturated heterocycles. The number of carbonyl (C=O) groups is 2. The molecule has 22 heavy (non-hydrogen) atoms. The van der Waals surface area contributed by atoms with Crippen LogP contribution in [0.1, 0.15) is 78.1 Å². The van der Waals surface area contributed by atoms with E-state index in [-0.39, 0.29) is 5.41 Å². The average Bonchev–Trinajstić information content (AvgIpc) is 2.67. The molecule has 0 bridgehead atoms. The summed E-state index contributed by atoms with van der Waals surface area (Å²) in [6.07, 6.45) is 10.9. The number of hydrogen-bond acceptors (Lipinski definition) is 2. The van der Waals surface area contributed by atoms with Crippen LogP contribution in [0.4, 0.5) is 0 Å². The number of carbonyl (C=O) groups excluding carboxylic acids is 2. The number of ketones is 2. The van der Waals surface area contributed by atoms with Crippen LogP contribution in [0.25, 0.3) is 0 Å². The van der Waals surface area contributed by atoms with Crippen molar-refractivity contribution < 1.29 is 9.59 Å². The molecule has 2 heteroatoms. The van der Waals surface area contributed by atoms with Gasteiger partial charge in [-0.2, -0.15) is 0 Å². The van der Waals surface area contributed by atoms with Gasteiger partial charge in [0.25, 0.3) is 0 Å². The third kappa shape index (κ3) is 1.98. The lowest BCUT2D eigenvalue weighted by Gasteiger charge is -2.53. The number of Topliss-reactive ketones (excluding diaryl/α,β-unsaturated/α-hetero) is 2. The molecule has 0 aromatic rings. The Kier molecular flexibility index (Phi) is 3.33. The maximum atomic E-state index is 12.4. The van der Waals surface area contributed by atoms with Crippen LogP contribution in [-0.4, -0.2) is 11.6 Å². The van der Waals surface area contributed by atoms with Crippen LogP contribution in [0.5, 0.6) is 0 Å². The lowest BCUT2D eigenvalue weighted by atomic mass is 9.51. The molecule has 4 rings (SSSR count). The van der Waals surface area contributed by atoms with E-state index in [2.05, 4.69) is 13.8 Å². The second-order valence-corrected chi connectivity index (χ2v) is 9.24. The van der Waals surface area contributed by atoms with Crippen LogP contribution in [0.2, 0.25) is 0 Å². The molecule has 0 aromatic carbocycles. The summed E-state index contributed by atoms with van der Waals surface area (Å²) >= 11 is 0. The summed E-state index contributed by atoms with van der Waals surface area (Å²) in [5.74, 6) is 3.86. The molecule has 4 aliphatic rings. The summed E-state index contributed by atoms with van der Waals surface area (Å²) in [4.78, 5) is 24.3. The minimum atomic E-state index is -0.0202. The molecule has 4 fully saturated rings. The zero-order chi connectivity index (χ0) is 15.5. The van der Waals surface area contributed by atoms with E-state index in [1.54, 1.807) is 0 Å². The normalized spacial score (nSPS) is 51.7. The van der Waals surface area contributed by atoms with E-state index in [9.17, 15) is 9.59 Å². The number of rotatable bonds is 0. The van der Waals surface area contributed by atoms with E-state index in [0.717, 1.165) is 50.4 Å². The van der Waals surface area contributed by atoms with Gasteiger partial charge in [-0.25, -0.2) is 0 Å². The molecule has 0 N–H and O–H groups in total. The fourth-order valence-electron chi connectivity index (χ4n) is 6.82. The maximum absolute atomic E-state index is 12.4. The first kappa shape index (κ1) is 14.9. The van der Waals surface area contributed by atoms with Crippen molar-refractivity contribution in [2.24, 2.45) is 34.5 Å². The third-order valence-corrected chi connectivity index (χ3v) is 8.47. The van der Waals surface area contributed by atoms with Gasteiger partial charge < -0.3 is 0 Å². The summed E-state index contributed by atoms with van der Waals surface area (Å²) < 4.78 is 0. The minimum absolute atomic E-state index is 0.0202. The second kappa shape index (κ2) is 4.92. The zero-order valence-electron chi connectivity index (χ0n) is 14.2. The second-order valence-electron chi connectivity index (χ2n) is 9.24. The van der Waals surface area contributed by atoms with Crippen LogP contribution >= 0.6 is 0 Å². The van der Waals surface area contributed by atoms with Crippen molar-refractivity contribution in [3.63, 3.8) is 0 Å². The van der Waals surface area contributed by atoms with Crippen molar-refractivity contribution in [1.82, 2.24) is 0 Å². The topological polar surface area (TPSA) is 34.1 Å². The standard InChI is InChI=1S/C20H30O2/c1-19-9-7-16(21)12-15(19)4-3-13-11-14-5-6-18(22)20(14,2)10-8-17(13)19/h13-15,17H,3-12H2,1-2H3. The van der Waals surface area contributed by atoms with Gasteiger partial charge in [-0.1, -0.05) is 13.8 Å². The van der Waals surface area contributed by atoms with E-state index in [1.165, 1.54) is 25.7 Å². The molecule has 0 amide bonds. The van der Waals surface area contributed by atoms with Crippen LogP contribution in [-0.2, 0) is 9.59 Å². The van der Waals surface area contributed by atoms with Gasteiger partial charge in [-0.3, -0.25) is 9.59 Å². The average molecular weight is 302 g/mol. The molecule has 6 atom stereocenters. The molecule has 6 unspecified atom stereocenters. The Morgan fingerprint density at radius 2 is 1.73 bits per heavy atom. The number of fused-ring (bicyclic) bond motifs is 4. The van der Waals surface area contributed by atoms with Gasteiger partial charge in [0.15, 0.2) is 0 Å². The van der Waals surface area contributed by atoms with Crippen molar-refractivity contribution in [3.8, 4) is 0 Å². The van der Waals surface area contributed by atoms with Gasteiger partial charge in [0.2, 0.25) is 0 Å². The Morgan fingerprint density at radius 3 is 2.55 bits per heavy atom. The van der Waals surface area contributed by atoms with Gasteiger partial charge >= 0.3 is 0 Å². The first-order valence-electron chi connectivity index (χ1n) is 9.48. The van der Waals surface area contributed by atoms with Crippen molar-refractivity contribution in [3.05, 3.63) is 0 Å². The van der Waals surface area contributed by atoms with Gasteiger partial charge in [0, 0.05) is 24.7 Å². The molecule has 0 heterocycles. The largest absolute Gasteiger partial charge is 0.300 e. The molecule has 2 nitrogen and oxygen atoms in total. The Bertz CT molecular complexity index is 510. The Morgan fingerprint density at radius 1 is 0.909 bits per heavy atom. The summed E-state index contributed by atoms with van der Waals surface area (Å²) in [5.41, 5.74) is 0.350. The molecular formula is C20H30O2. The highest BCUT2D eigenvalue weighted by molar-refractivity contribution is 5.87. The molecule has 0 aliphatic heterocycles. The fourth-order valence-corrected chi connectivity index (χ4v) is 6.82. The molecule has 4 saturated carbocycles. The third-order valence-electron chi connectivity index (χ3n) is 8.47. The zero-order valence-corrected chi connectivity index (χ0v) is 14.2. The van der Waals surface area contributed by atoms with Crippen LogP contribution in [0, 0.1) is 34.5 Å². The highest BCUT2D eigenvalue weighted by atomic mass is 16.1. The van der Waals surface area contributed by atoms with Crippen molar-refractivity contribution in [2.75, 3.05) is 0 Å². The molecule has 0 spiro atoms. The number of hydrogen-bond donors (Lipinski definition) is 0. The smallest absolute Gasteiger partial charge is 0.139 e. The first-order chi connectivity index (χ1) is 10.4. The molecule has 4 aliphatic carbocycles. The predicted molar refractivity (Wildman–Crippen MR) is 86.4 cm³/mol. The molecule has 0 radical (unpaired) electrons. The first-order valence-corrected chi connectivity index (χ1v) is 9.48. The van der Waals surface area contributed by atoms with E-state index in [4.69, 9.17) is 0 Å². The van der Waals surface area contributed by atoms with Gasteiger partial charge in [0.1, 0.15) is 11.6 Å². The van der Waals surface area contributed by atoms with Crippen LogP contribution < -0.4 is 0 Å².